The largest absolute Gasteiger partial charge is 0.447 e. The second-order valence-electron chi connectivity index (χ2n) is 5.29. The third kappa shape index (κ3) is 3.20. The zero-order valence-corrected chi connectivity index (χ0v) is 10.7. The molecule has 2 rings (SSSR count). The molecule has 18 heavy (non-hydrogen) atoms. The summed E-state index contributed by atoms with van der Waals surface area (Å²) >= 11 is 0. The minimum atomic E-state index is -0.635. The van der Waals surface area contributed by atoms with Crippen LogP contribution < -0.4 is 0 Å². The highest BCUT2D eigenvalue weighted by Crippen LogP contribution is 2.21. The quantitative estimate of drug-likeness (QED) is 0.764. The minimum absolute atomic E-state index is 0.209. The molecule has 0 bridgehead atoms. The maximum Gasteiger partial charge on any atom is 0.416 e. The number of rotatable bonds is 2. The molecule has 1 atom stereocenters. The zero-order valence-electron chi connectivity index (χ0n) is 10.7. The highest BCUT2D eigenvalue weighted by atomic mass is 16.6. The van der Waals surface area contributed by atoms with Gasteiger partial charge in [-0.15, -0.1) is 0 Å². The van der Waals surface area contributed by atoms with Crippen molar-refractivity contribution in [3.05, 3.63) is 0 Å². The fourth-order valence-electron chi connectivity index (χ4n) is 2.37. The number of aliphatic hydroxyl groups is 1. The van der Waals surface area contributed by atoms with Gasteiger partial charge in [-0.25, -0.2) is 9.69 Å². The topological polar surface area (TPSA) is 70.1 Å². The third-order valence-electron chi connectivity index (χ3n) is 3.58. The van der Waals surface area contributed by atoms with Crippen LogP contribution in [0.2, 0.25) is 0 Å². The molecule has 2 saturated heterocycles. The van der Waals surface area contributed by atoms with Gasteiger partial charge in [0.15, 0.2) is 0 Å². The fourth-order valence-corrected chi connectivity index (χ4v) is 2.37. The van der Waals surface area contributed by atoms with Crippen LogP contribution in [0.15, 0.2) is 0 Å². The van der Waals surface area contributed by atoms with Crippen molar-refractivity contribution in [2.75, 3.05) is 32.8 Å². The van der Waals surface area contributed by atoms with Crippen LogP contribution in [0.4, 0.5) is 4.79 Å². The van der Waals surface area contributed by atoms with Crippen LogP contribution in [0, 0.1) is 0 Å². The molecule has 6 nitrogen and oxygen atoms in total. The molecule has 0 radical (unpaired) electrons. The molecule has 2 fully saturated rings. The Bertz CT molecular complexity index is 343. The van der Waals surface area contributed by atoms with E-state index in [4.69, 9.17) is 4.74 Å². The van der Waals surface area contributed by atoms with Crippen LogP contribution in [0.3, 0.4) is 0 Å². The Labute approximate surface area is 106 Å². The predicted molar refractivity (Wildman–Crippen MR) is 64.0 cm³/mol. The number of ether oxygens (including phenoxy) is 1. The van der Waals surface area contributed by atoms with E-state index in [2.05, 4.69) is 0 Å². The summed E-state index contributed by atoms with van der Waals surface area (Å²) in [4.78, 5) is 26.3. The van der Waals surface area contributed by atoms with E-state index in [-0.39, 0.29) is 12.5 Å². The molecule has 2 heterocycles. The van der Waals surface area contributed by atoms with Gasteiger partial charge in [0, 0.05) is 6.54 Å². The molecule has 1 unspecified atom stereocenters. The number of likely N-dealkylation sites (tertiary alicyclic amines) is 1. The van der Waals surface area contributed by atoms with Gasteiger partial charge in [-0.2, -0.15) is 0 Å². The van der Waals surface area contributed by atoms with Gasteiger partial charge in [-0.3, -0.25) is 9.69 Å². The van der Waals surface area contributed by atoms with Crippen molar-refractivity contribution in [1.29, 1.82) is 0 Å². The first kappa shape index (κ1) is 13.3. The van der Waals surface area contributed by atoms with Gasteiger partial charge in [-0.1, -0.05) is 0 Å². The lowest BCUT2D eigenvalue weighted by atomic mass is 9.98. The number of hydrogen-bond donors (Lipinski definition) is 1. The Morgan fingerprint density at radius 2 is 2.17 bits per heavy atom. The average molecular weight is 256 g/mol. The summed E-state index contributed by atoms with van der Waals surface area (Å²) in [6, 6.07) is 0. The highest BCUT2D eigenvalue weighted by molar-refractivity contribution is 5.94. The first-order valence-corrected chi connectivity index (χ1v) is 6.40. The van der Waals surface area contributed by atoms with Gasteiger partial charge in [0.05, 0.1) is 18.7 Å². The summed E-state index contributed by atoms with van der Waals surface area (Å²) < 4.78 is 4.74. The molecular formula is C12H20N2O4. The van der Waals surface area contributed by atoms with E-state index < -0.39 is 11.7 Å². The summed E-state index contributed by atoms with van der Waals surface area (Å²) in [5.41, 5.74) is -0.635. The molecular weight excluding hydrogens is 236 g/mol. The van der Waals surface area contributed by atoms with E-state index in [1.165, 1.54) is 0 Å². The molecule has 0 aliphatic carbocycles. The van der Waals surface area contributed by atoms with E-state index in [0.29, 0.717) is 26.1 Å². The van der Waals surface area contributed by atoms with Crippen molar-refractivity contribution >= 4 is 12.0 Å². The van der Waals surface area contributed by atoms with Gasteiger partial charge in [-0.05, 0) is 32.7 Å². The number of nitrogens with zero attached hydrogens (tertiary/aromatic N) is 2. The van der Waals surface area contributed by atoms with E-state index in [1.54, 1.807) is 0 Å². The number of carbonyl (C=O) groups is 2. The molecule has 2 aliphatic heterocycles. The first-order valence-electron chi connectivity index (χ1n) is 6.40. The summed E-state index contributed by atoms with van der Waals surface area (Å²) in [7, 11) is 0. The maximum absolute atomic E-state index is 11.9. The van der Waals surface area contributed by atoms with Crippen molar-refractivity contribution in [3.63, 3.8) is 0 Å². The second kappa shape index (κ2) is 5.24. The Balaban J connectivity index is 1.85. The van der Waals surface area contributed by atoms with Gasteiger partial charge >= 0.3 is 6.09 Å². The summed E-state index contributed by atoms with van der Waals surface area (Å²) in [6.07, 6.45) is 1.74. The summed E-state index contributed by atoms with van der Waals surface area (Å²) in [5.74, 6) is -0.209. The molecule has 0 aromatic rings. The second-order valence-corrected chi connectivity index (χ2v) is 5.29. The van der Waals surface area contributed by atoms with Crippen LogP contribution in [0.25, 0.3) is 0 Å². The first-order chi connectivity index (χ1) is 8.48. The van der Waals surface area contributed by atoms with Crippen molar-refractivity contribution in [1.82, 2.24) is 9.80 Å². The molecule has 0 aromatic carbocycles. The van der Waals surface area contributed by atoms with Gasteiger partial charge < -0.3 is 9.84 Å². The lowest BCUT2D eigenvalue weighted by Crippen LogP contribution is -2.41. The van der Waals surface area contributed by atoms with E-state index in [1.807, 2.05) is 11.8 Å². The van der Waals surface area contributed by atoms with Crippen molar-refractivity contribution in [3.8, 4) is 0 Å². The summed E-state index contributed by atoms with van der Waals surface area (Å²) in [6.45, 7) is 4.16. The normalized spacial score (nSPS) is 30.1. The minimum Gasteiger partial charge on any atom is -0.447 e. The molecule has 0 saturated carbocycles. The van der Waals surface area contributed by atoms with Gasteiger partial charge in [0.25, 0.3) is 0 Å². The van der Waals surface area contributed by atoms with Crippen LogP contribution in [-0.2, 0) is 9.53 Å². The Morgan fingerprint density at radius 3 is 2.83 bits per heavy atom. The Morgan fingerprint density at radius 1 is 1.39 bits per heavy atom. The number of hydrogen-bond acceptors (Lipinski definition) is 5. The monoisotopic (exact) mass is 256 g/mol. The highest BCUT2D eigenvalue weighted by Gasteiger charge is 2.31. The summed E-state index contributed by atoms with van der Waals surface area (Å²) in [5, 5.41) is 9.96. The van der Waals surface area contributed by atoms with Crippen LogP contribution in [-0.4, -0.2) is 65.3 Å². The fraction of sp³-hybridized carbons (Fsp3) is 0.833. The lowest BCUT2D eigenvalue weighted by molar-refractivity contribution is -0.129. The van der Waals surface area contributed by atoms with Crippen LogP contribution in [0.1, 0.15) is 26.2 Å². The number of amides is 2. The van der Waals surface area contributed by atoms with Gasteiger partial charge in [0.1, 0.15) is 6.61 Å². The number of cyclic esters (lactones) is 1. The smallest absolute Gasteiger partial charge is 0.416 e. The number of imide groups is 1. The lowest BCUT2D eigenvalue weighted by Gasteiger charge is -2.23. The standard InChI is InChI=1S/C12H20N2O4/c1-12(17)3-2-5-13(6-4-12)9-10(15)14-7-8-18-11(14)16/h17H,2-9H2,1H3. The molecule has 0 aromatic heterocycles. The Hall–Kier alpha value is -1.14. The van der Waals surface area contributed by atoms with E-state index in [0.717, 1.165) is 24.3 Å². The van der Waals surface area contributed by atoms with Gasteiger partial charge in [0.2, 0.25) is 5.91 Å². The maximum atomic E-state index is 11.9. The van der Waals surface area contributed by atoms with E-state index >= 15 is 0 Å². The average Bonchev–Trinajstić information content (AvgIpc) is 2.64. The molecule has 2 amide bonds. The van der Waals surface area contributed by atoms with Crippen LogP contribution >= 0.6 is 0 Å². The zero-order chi connectivity index (χ0) is 13.2. The molecule has 6 heteroatoms. The molecule has 102 valence electrons. The number of carbonyl (C=O) groups excluding carboxylic acids is 2. The Kier molecular flexibility index (Phi) is 3.87. The van der Waals surface area contributed by atoms with Crippen molar-refractivity contribution < 1.29 is 19.4 Å². The SMILES string of the molecule is CC1(O)CCCN(CC(=O)N2CCOC2=O)CC1. The molecule has 1 N–H and O–H groups in total. The molecule has 2 aliphatic rings. The molecule has 0 spiro atoms. The van der Waals surface area contributed by atoms with Crippen LogP contribution in [0.5, 0.6) is 0 Å². The van der Waals surface area contributed by atoms with Crippen molar-refractivity contribution in [2.45, 2.75) is 31.8 Å². The van der Waals surface area contributed by atoms with E-state index in [9.17, 15) is 14.7 Å². The van der Waals surface area contributed by atoms with Crippen molar-refractivity contribution in [2.24, 2.45) is 0 Å². The third-order valence-corrected chi connectivity index (χ3v) is 3.58. The predicted octanol–water partition coefficient (Wildman–Crippen LogP) is 0.202.